The van der Waals surface area contributed by atoms with Crippen molar-refractivity contribution in [2.45, 2.75) is 19.5 Å². The number of piperazine rings is 1. The summed E-state index contributed by atoms with van der Waals surface area (Å²) in [6.45, 7) is 8.86. The highest BCUT2D eigenvalue weighted by molar-refractivity contribution is 5.87. The van der Waals surface area contributed by atoms with Gasteiger partial charge in [-0.05, 0) is 19.1 Å². The van der Waals surface area contributed by atoms with Crippen LogP contribution >= 0.6 is 0 Å². The summed E-state index contributed by atoms with van der Waals surface area (Å²) in [5.74, 6) is 1.49. The number of morpholine rings is 1. The summed E-state index contributed by atoms with van der Waals surface area (Å²) in [4.78, 5) is 28.4. The number of aromatic nitrogens is 2. The van der Waals surface area contributed by atoms with Crippen molar-refractivity contribution >= 4 is 22.6 Å². The molecule has 8 nitrogen and oxygen atoms in total. The summed E-state index contributed by atoms with van der Waals surface area (Å²) < 4.78 is 5.35. The van der Waals surface area contributed by atoms with Crippen molar-refractivity contribution in [1.29, 1.82) is 0 Å². The smallest absolute Gasteiger partial charge is 0.239 e. The highest BCUT2D eigenvalue weighted by Crippen LogP contribution is 2.18. The van der Waals surface area contributed by atoms with Crippen molar-refractivity contribution in [3.8, 4) is 0 Å². The van der Waals surface area contributed by atoms with Crippen LogP contribution in [-0.2, 0) is 16.1 Å². The highest BCUT2D eigenvalue weighted by atomic mass is 16.5. The Balaban J connectivity index is 1.33. The van der Waals surface area contributed by atoms with Gasteiger partial charge in [-0.1, -0.05) is 12.1 Å². The maximum atomic E-state index is 12.7. The Morgan fingerprint density at radius 1 is 1.11 bits per heavy atom. The number of nitrogen functional groups attached to an aromatic ring is 1. The van der Waals surface area contributed by atoms with E-state index >= 15 is 0 Å². The molecule has 0 saturated carbocycles. The van der Waals surface area contributed by atoms with Crippen LogP contribution < -0.4 is 5.73 Å². The van der Waals surface area contributed by atoms with E-state index in [-0.39, 0.29) is 11.9 Å². The van der Waals surface area contributed by atoms with Crippen LogP contribution in [0.15, 0.2) is 24.3 Å². The van der Waals surface area contributed by atoms with Crippen molar-refractivity contribution < 1.29 is 9.53 Å². The minimum Gasteiger partial charge on any atom is -0.383 e. The molecule has 1 aromatic heterocycles. The van der Waals surface area contributed by atoms with E-state index in [1.54, 1.807) is 0 Å². The van der Waals surface area contributed by atoms with Crippen molar-refractivity contribution in [3.63, 3.8) is 0 Å². The molecule has 2 saturated heterocycles. The molecule has 150 valence electrons. The van der Waals surface area contributed by atoms with Gasteiger partial charge in [-0.3, -0.25) is 14.6 Å². The van der Waals surface area contributed by atoms with Gasteiger partial charge in [0.25, 0.3) is 0 Å². The third kappa shape index (κ3) is 4.09. The lowest BCUT2D eigenvalue weighted by Gasteiger charge is -2.39. The number of nitrogens with two attached hydrogens (primary N) is 1. The fourth-order valence-electron chi connectivity index (χ4n) is 3.93. The molecule has 0 bridgehead atoms. The average Bonchev–Trinajstić information content (AvgIpc) is 2.74. The van der Waals surface area contributed by atoms with Gasteiger partial charge in [-0.15, -0.1) is 0 Å². The zero-order valence-electron chi connectivity index (χ0n) is 16.4. The maximum Gasteiger partial charge on any atom is 0.239 e. The van der Waals surface area contributed by atoms with Crippen molar-refractivity contribution in [2.75, 3.05) is 58.2 Å². The molecule has 2 aliphatic rings. The van der Waals surface area contributed by atoms with Gasteiger partial charge in [0.15, 0.2) is 0 Å². The number of carbonyl (C=O) groups excluding carboxylic acids is 1. The normalized spacial score (nSPS) is 20.4. The molecule has 2 fully saturated rings. The molecule has 1 amide bonds. The third-order valence-corrected chi connectivity index (χ3v) is 5.68. The SMILES string of the molecule is C[C@H](C(=O)N1CCOCC1)N1CCN(Cc2nc(N)c3ccccc3n2)CC1. The standard InChI is InChI=1S/C20H28N6O2/c1-15(20(27)26-10-12-28-13-11-26)25-8-6-24(7-9-25)14-18-22-17-5-3-2-4-16(17)19(21)23-18/h2-5,15H,6-14H2,1H3,(H2,21,22,23)/t15-/m1/s1. The van der Waals surface area contributed by atoms with Crippen molar-refractivity contribution in [2.24, 2.45) is 0 Å². The van der Waals surface area contributed by atoms with Crippen LogP contribution in [0.2, 0.25) is 0 Å². The molecule has 3 heterocycles. The molecule has 2 aromatic rings. The first-order valence-corrected chi connectivity index (χ1v) is 9.96. The van der Waals surface area contributed by atoms with Crippen LogP contribution in [-0.4, -0.2) is 89.1 Å². The molecule has 2 aliphatic heterocycles. The predicted molar refractivity (Wildman–Crippen MR) is 108 cm³/mol. The number of anilines is 1. The second-order valence-electron chi connectivity index (χ2n) is 7.47. The Morgan fingerprint density at radius 3 is 2.57 bits per heavy atom. The Morgan fingerprint density at radius 2 is 1.82 bits per heavy atom. The molecule has 2 N–H and O–H groups in total. The minimum absolute atomic E-state index is 0.0900. The molecule has 4 rings (SSSR count). The monoisotopic (exact) mass is 384 g/mol. The molecular weight excluding hydrogens is 356 g/mol. The number of carbonyl (C=O) groups is 1. The Hall–Kier alpha value is -2.29. The first kappa shape index (κ1) is 19.0. The molecule has 0 unspecified atom stereocenters. The van der Waals surface area contributed by atoms with Gasteiger partial charge in [0.2, 0.25) is 5.91 Å². The lowest BCUT2D eigenvalue weighted by Crippen LogP contribution is -2.55. The lowest BCUT2D eigenvalue weighted by atomic mass is 10.2. The number of nitrogens with zero attached hydrogens (tertiary/aromatic N) is 5. The van der Waals surface area contributed by atoms with E-state index in [2.05, 4.69) is 19.8 Å². The van der Waals surface area contributed by atoms with E-state index in [0.717, 1.165) is 42.9 Å². The number of amides is 1. The summed E-state index contributed by atoms with van der Waals surface area (Å²) >= 11 is 0. The Kier molecular flexibility index (Phi) is 5.70. The summed E-state index contributed by atoms with van der Waals surface area (Å²) in [5, 5.41) is 0.895. The third-order valence-electron chi connectivity index (χ3n) is 5.68. The molecule has 1 aromatic carbocycles. The van der Waals surface area contributed by atoms with Crippen LogP contribution in [0.4, 0.5) is 5.82 Å². The van der Waals surface area contributed by atoms with E-state index < -0.39 is 0 Å². The molecule has 0 aliphatic carbocycles. The van der Waals surface area contributed by atoms with Gasteiger partial charge in [0.05, 0.1) is 31.3 Å². The van der Waals surface area contributed by atoms with Crippen LogP contribution in [0.1, 0.15) is 12.7 Å². The van der Waals surface area contributed by atoms with Crippen LogP contribution in [0.25, 0.3) is 10.9 Å². The van der Waals surface area contributed by atoms with Gasteiger partial charge < -0.3 is 15.4 Å². The van der Waals surface area contributed by atoms with Crippen LogP contribution in [0, 0.1) is 0 Å². The summed E-state index contributed by atoms with van der Waals surface area (Å²) in [7, 11) is 0. The quantitative estimate of drug-likeness (QED) is 0.825. The largest absolute Gasteiger partial charge is 0.383 e. The predicted octanol–water partition coefficient (Wildman–Crippen LogP) is 0.577. The summed E-state index contributed by atoms with van der Waals surface area (Å²) in [6, 6.07) is 7.73. The lowest BCUT2D eigenvalue weighted by molar-refractivity contribution is -0.141. The second kappa shape index (κ2) is 8.38. The van der Waals surface area contributed by atoms with Gasteiger partial charge >= 0.3 is 0 Å². The highest BCUT2D eigenvalue weighted by Gasteiger charge is 2.29. The fourth-order valence-corrected chi connectivity index (χ4v) is 3.93. The number of para-hydroxylation sites is 1. The summed E-state index contributed by atoms with van der Waals surface area (Å²) in [6.07, 6.45) is 0. The first-order valence-electron chi connectivity index (χ1n) is 9.96. The first-order chi connectivity index (χ1) is 13.6. The van der Waals surface area contributed by atoms with E-state index in [4.69, 9.17) is 10.5 Å². The van der Waals surface area contributed by atoms with Gasteiger partial charge in [-0.25, -0.2) is 9.97 Å². The molecule has 0 spiro atoms. The molecule has 8 heteroatoms. The number of hydrogen-bond donors (Lipinski definition) is 1. The Bertz CT molecular complexity index is 831. The number of ether oxygens (including phenoxy) is 1. The number of hydrogen-bond acceptors (Lipinski definition) is 7. The fraction of sp³-hybridized carbons (Fsp3) is 0.550. The van der Waals surface area contributed by atoms with Crippen molar-refractivity contribution in [3.05, 3.63) is 30.1 Å². The van der Waals surface area contributed by atoms with Gasteiger partial charge in [-0.2, -0.15) is 0 Å². The Labute approximate surface area is 165 Å². The van der Waals surface area contributed by atoms with E-state index in [1.807, 2.05) is 36.1 Å². The van der Waals surface area contributed by atoms with Crippen molar-refractivity contribution in [1.82, 2.24) is 24.7 Å². The van der Waals surface area contributed by atoms with Crippen LogP contribution in [0.5, 0.6) is 0 Å². The number of rotatable bonds is 4. The zero-order chi connectivity index (χ0) is 19.5. The molecule has 0 radical (unpaired) electrons. The summed E-state index contributed by atoms with van der Waals surface area (Å²) in [5.41, 5.74) is 6.98. The molecular formula is C20H28N6O2. The minimum atomic E-state index is -0.0900. The molecule has 1 atom stereocenters. The average molecular weight is 384 g/mol. The van der Waals surface area contributed by atoms with E-state index in [9.17, 15) is 4.79 Å². The zero-order valence-corrected chi connectivity index (χ0v) is 16.4. The van der Waals surface area contributed by atoms with Gasteiger partial charge in [0, 0.05) is 44.7 Å². The van der Waals surface area contributed by atoms with Crippen LogP contribution in [0.3, 0.4) is 0 Å². The topological polar surface area (TPSA) is 87.8 Å². The molecule has 28 heavy (non-hydrogen) atoms. The van der Waals surface area contributed by atoms with E-state index in [0.29, 0.717) is 38.7 Å². The maximum absolute atomic E-state index is 12.7. The number of benzene rings is 1. The number of fused-ring (bicyclic) bond motifs is 1. The van der Waals surface area contributed by atoms with Gasteiger partial charge in [0.1, 0.15) is 11.6 Å². The second-order valence-corrected chi connectivity index (χ2v) is 7.47. The van der Waals surface area contributed by atoms with E-state index in [1.165, 1.54) is 0 Å².